The van der Waals surface area contributed by atoms with Crippen LogP contribution < -0.4 is 25.5 Å². The zero-order chi connectivity index (χ0) is 38.7. The van der Waals surface area contributed by atoms with Crippen molar-refractivity contribution in [1.82, 2.24) is 19.9 Å². The fourth-order valence-corrected chi connectivity index (χ4v) is 6.87. The van der Waals surface area contributed by atoms with Crippen molar-refractivity contribution in [2.24, 2.45) is 0 Å². The first-order valence-corrected chi connectivity index (χ1v) is 18.5. The second kappa shape index (κ2) is 16.1. The number of nitrogens with zero attached hydrogens (tertiary/aromatic N) is 3. The Labute approximate surface area is 312 Å². The summed E-state index contributed by atoms with van der Waals surface area (Å²) in [4.78, 5) is 41.8. The lowest BCUT2D eigenvalue weighted by Crippen LogP contribution is -2.24. The van der Waals surface area contributed by atoms with Crippen LogP contribution in [0.2, 0.25) is 0 Å². The Morgan fingerprint density at radius 1 is 0.660 bits per heavy atom. The minimum absolute atomic E-state index is 0.124. The molecule has 0 aliphatic carbocycles. The number of fused-ring (bicyclic) bond motifs is 2. The number of H-pyrrole nitrogens is 2. The maximum atomic E-state index is 12.3. The van der Waals surface area contributed by atoms with Gasteiger partial charge in [-0.2, -0.15) is 0 Å². The molecule has 6 aromatic rings. The Hall–Kier alpha value is -5.44. The molecule has 4 aromatic heterocycles. The van der Waals surface area contributed by atoms with Crippen LogP contribution >= 0.6 is 0 Å². The first-order valence-electron chi connectivity index (χ1n) is 18.5. The molecule has 278 valence electrons. The number of benzene rings is 2. The van der Waals surface area contributed by atoms with Gasteiger partial charge in [-0.25, -0.2) is 9.97 Å². The third-order valence-corrected chi connectivity index (χ3v) is 10.1. The highest BCUT2D eigenvalue weighted by molar-refractivity contribution is 5.94. The normalized spacial score (nSPS) is 11.7. The predicted molar refractivity (Wildman–Crippen MR) is 218 cm³/mol. The number of aromatic nitrogens is 4. The van der Waals surface area contributed by atoms with E-state index in [1.165, 1.54) is 16.7 Å². The first-order chi connectivity index (χ1) is 25.1. The number of nitrogens with one attached hydrogen (secondary N) is 2. The summed E-state index contributed by atoms with van der Waals surface area (Å²) >= 11 is 0. The summed E-state index contributed by atoms with van der Waals surface area (Å²) in [6.07, 6.45) is 0.965. The quantitative estimate of drug-likeness (QED) is 0.153. The van der Waals surface area contributed by atoms with E-state index in [0.29, 0.717) is 22.8 Å². The topological polar surface area (TPSA) is 113 Å². The van der Waals surface area contributed by atoms with E-state index < -0.39 is 0 Å². The Bertz CT molecular complexity index is 2400. The molecule has 6 rings (SSSR count). The molecule has 2 aromatic carbocycles. The third kappa shape index (κ3) is 8.30. The van der Waals surface area contributed by atoms with Crippen LogP contribution in [0.4, 0.5) is 5.69 Å². The largest absolute Gasteiger partial charge is 0.437 e. The Morgan fingerprint density at radius 3 is 1.79 bits per heavy atom. The van der Waals surface area contributed by atoms with Crippen LogP contribution in [0.25, 0.3) is 21.8 Å². The molecule has 0 saturated heterocycles. The fraction of sp³-hybridized carbons (Fsp3) is 0.364. The van der Waals surface area contributed by atoms with Crippen LogP contribution in [0, 0.1) is 55.4 Å². The van der Waals surface area contributed by atoms with Crippen LogP contribution in [0.1, 0.15) is 90.4 Å². The van der Waals surface area contributed by atoms with Crippen LogP contribution in [-0.4, -0.2) is 33.0 Å². The Morgan fingerprint density at radius 2 is 1.21 bits per heavy atom. The molecule has 1 unspecified atom stereocenters. The van der Waals surface area contributed by atoms with E-state index in [4.69, 9.17) is 9.47 Å². The SMILES string of the molecule is CCC(C)c1cc(=O)[nH]c2c(Oc3c(C)cc(C)cc3C)nc(C)cc12.CCN(CC)c1cc(=O)[nH]c2c(Oc3ccc(C)c(C)c3C)nc(C)cc12. The Kier molecular flexibility index (Phi) is 11.8. The fourth-order valence-electron chi connectivity index (χ4n) is 6.87. The summed E-state index contributed by atoms with van der Waals surface area (Å²) in [6, 6.07) is 15.6. The minimum Gasteiger partial charge on any atom is -0.437 e. The van der Waals surface area contributed by atoms with Crippen molar-refractivity contribution in [3.05, 3.63) is 120 Å². The molecular formula is C44H53N5O4. The van der Waals surface area contributed by atoms with Gasteiger partial charge in [0.15, 0.2) is 0 Å². The molecule has 2 N–H and O–H groups in total. The van der Waals surface area contributed by atoms with E-state index in [0.717, 1.165) is 81.1 Å². The lowest BCUT2D eigenvalue weighted by molar-refractivity contribution is 0.459. The summed E-state index contributed by atoms with van der Waals surface area (Å²) in [5.41, 5.74) is 11.5. The molecule has 0 radical (unpaired) electrons. The van der Waals surface area contributed by atoms with Crippen molar-refractivity contribution in [2.75, 3.05) is 18.0 Å². The van der Waals surface area contributed by atoms with Gasteiger partial charge < -0.3 is 24.3 Å². The van der Waals surface area contributed by atoms with E-state index in [1.807, 2.05) is 58.9 Å². The highest BCUT2D eigenvalue weighted by atomic mass is 16.5. The average Bonchev–Trinajstić information content (AvgIpc) is 3.10. The minimum atomic E-state index is -0.156. The second-order valence-electron chi connectivity index (χ2n) is 14.1. The number of rotatable bonds is 9. The lowest BCUT2D eigenvalue weighted by atomic mass is 9.95. The number of pyridine rings is 4. The number of hydrogen-bond acceptors (Lipinski definition) is 7. The molecule has 0 spiro atoms. The van der Waals surface area contributed by atoms with Crippen molar-refractivity contribution >= 4 is 27.5 Å². The predicted octanol–water partition coefficient (Wildman–Crippen LogP) is 10.3. The molecule has 0 bridgehead atoms. The molecule has 0 fully saturated rings. The van der Waals surface area contributed by atoms with Crippen LogP contribution in [0.3, 0.4) is 0 Å². The van der Waals surface area contributed by atoms with Gasteiger partial charge >= 0.3 is 0 Å². The molecule has 1 atom stereocenters. The van der Waals surface area contributed by atoms with Crippen molar-refractivity contribution in [2.45, 2.75) is 95.4 Å². The van der Waals surface area contributed by atoms with E-state index in [1.54, 1.807) is 12.1 Å². The van der Waals surface area contributed by atoms with E-state index >= 15 is 0 Å². The number of hydrogen-bond donors (Lipinski definition) is 2. The van der Waals surface area contributed by atoms with Crippen molar-refractivity contribution < 1.29 is 9.47 Å². The van der Waals surface area contributed by atoms with Gasteiger partial charge in [0.2, 0.25) is 17.3 Å². The Balaban J connectivity index is 0.000000204. The first kappa shape index (κ1) is 38.8. The summed E-state index contributed by atoms with van der Waals surface area (Å²) < 4.78 is 12.4. The van der Waals surface area contributed by atoms with E-state index in [2.05, 4.69) is 85.4 Å². The van der Waals surface area contributed by atoms with Gasteiger partial charge in [-0.3, -0.25) is 9.59 Å². The third-order valence-electron chi connectivity index (χ3n) is 10.1. The highest BCUT2D eigenvalue weighted by Gasteiger charge is 2.18. The van der Waals surface area contributed by atoms with Crippen LogP contribution in [0.15, 0.2) is 58.1 Å². The summed E-state index contributed by atoms with van der Waals surface area (Å²) in [5, 5.41) is 1.95. The lowest BCUT2D eigenvalue weighted by Gasteiger charge is -2.23. The molecule has 9 heteroatoms. The zero-order valence-corrected chi connectivity index (χ0v) is 33.3. The number of ether oxygens (including phenoxy) is 2. The van der Waals surface area contributed by atoms with Gasteiger partial charge in [0.25, 0.3) is 5.56 Å². The molecule has 9 nitrogen and oxygen atoms in total. The molecule has 0 amide bonds. The summed E-state index contributed by atoms with van der Waals surface area (Å²) in [7, 11) is 0. The van der Waals surface area contributed by atoms with Crippen molar-refractivity contribution in [3.8, 4) is 23.3 Å². The zero-order valence-electron chi connectivity index (χ0n) is 33.3. The number of aromatic amines is 2. The van der Waals surface area contributed by atoms with Gasteiger partial charge in [-0.05, 0) is 133 Å². The molecular weight excluding hydrogens is 663 g/mol. The van der Waals surface area contributed by atoms with Crippen LogP contribution in [-0.2, 0) is 0 Å². The van der Waals surface area contributed by atoms with Crippen molar-refractivity contribution in [1.29, 1.82) is 0 Å². The van der Waals surface area contributed by atoms with Gasteiger partial charge in [0.05, 0.1) is 5.69 Å². The summed E-state index contributed by atoms with van der Waals surface area (Å²) in [6.45, 7) is 26.3. The van der Waals surface area contributed by atoms with E-state index in [-0.39, 0.29) is 17.0 Å². The average molecular weight is 716 g/mol. The maximum Gasteiger partial charge on any atom is 0.250 e. The standard InChI is InChI=1S/C22H27N3O2.C22H26N2O2/c1-7-25(8-2)18-12-20(26)24-21-17(18)11-14(4)23-22(21)27-19-10-9-13(3)15(5)16(19)6;1-7-13(3)17-11-19(25)24-20-18(17)10-16(6)23-22(20)26-21-14(4)8-12(2)9-15(21)5/h9-12H,7-8H2,1-6H3,(H,24,26);8-11,13H,7H2,1-6H3,(H,24,25). The molecule has 0 saturated carbocycles. The van der Waals surface area contributed by atoms with Crippen molar-refractivity contribution in [3.63, 3.8) is 0 Å². The van der Waals surface area contributed by atoms with E-state index in [9.17, 15) is 9.59 Å². The van der Waals surface area contributed by atoms with Gasteiger partial charge in [0, 0.05) is 47.4 Å². The highest BCUT2D eigenvalue weighted by Crippen LogP contribution is 2.36. The maximum absolute atomic E-state index is 12.3. The second-order valence-corrected chi connectivity index (χ2v) is 14.1. The summed E-state index contributed by atoms with van der Waals surface area (Å²) in [5.74, 6) is 2.73. The smallest absolute Gasteiger partial charge is 0.250 e. The van der Waals surface area contributed by atoms with Crippen LogP contribution in [0.5, 0.6) is 23.3 Å². The monoisotopic (exact) mass is 715 g/mol. The molecule has 53 heavy (non-hydrogen) atoms. The van der Waals surface area contributed by atoms with Gasteiger partial charge in [0.1, 0.15) is 22.5 Å². The number of anilines is 1. The molecule has 0 aliphatic heterocycles. The molecule has 0 aliphatic rings. The van der Waals surface area contributed by atoms with Gasteiger partial charge in [-0.15, -0.1) is 0 Å². The molecule has 4 heterocycles. The number of aryl methyl sites for hydroxylation is 6. The van der Waals surface area contributed by atoms with Gasteiger partial charge in [-0.1, -0.05) is 37.6 Å².